The van der Waals surface area contributed by atoms with Gasteiger partial charge in [-0.05, 0) is 36.5 Å². The number of aromatic hydroxyl groups is 1. The van der Waals surface area contributed by atoms with Crippen molar-refractivity contribution >= 4 is 5.97 Å². The van der Waals surface area contributed by atoms with Gasteiger partial charge < -0.3 is 9.84 Å². The lowest BCUT2D eigenvalue weighted by Crippen LogP contribution is -2.02. The number of carbonyl (C=O) groups is 1. The van der Waals surface area contributed by atoms with Gasteiger partial charge in [0.05, 0.1) is 7.11 Å². The molecule has 1 N–H and O–H groups in total. The van der Waals surface area contributed by atoms with Crippen LogP contribution in [0.5, 0.6) is 5.75 Å². The number of hydrogen-bond donors (Lipinski definition) is 1. The maximum absolute atomic E-state index is 11.0. The number of phenolic OH excluding ortho intramolecular Hbond substituents is 1. The average molecular weight is 236 g/mol. The van der Waals surface area contributed by atoms with Crippen molar-refractivity contribution in [2.45, 2.75) is 39.0 Å². The van der Waals surface area contributed by atoms with E-state index in [9.17, 15) is 9.90 Å². The minimum Gasteiger partial charge on any atom is -0.508 e. The van der Waals surface area contributed by atoms with Gasteiger partial charge in [-0.25, -0.2) is 0 Å². The summed E-state index contributed by atoms with van der Waals surface area (Å²) in [5.74, 6) is 0.147. The van der Waals surface area contributed by atoms with Gasteiger partial charge in [0.15, 0.2) is 0 Å². The minimum atomic E-state index is -0.201. The van der Waals surface area contributed by atoms with Gasteiger partial charge in [0.1, 0.15) is 5.75 Å². The lowest BCUT2D eigenvalue weighted by Gasteiger charge is -2.07. The molecule has 0 amide bonds. The minimum absolute atomic E-state index is 0.201. The molecule has 0 atom stereocenters. The van der Waals surface area contributed by atoms with E-state index in [4.69, 9.17) is 0 Å². The molecular formula is C14H20O3. The van der Waals surface area contributed by atoms with Crippen LogP contribution in [0.1, 0.15) is 37.3 Å². The maximum Gasteiger partial charge on any atom is 0.305 e. The molecule has 0 bridgehead atoms. The van der Waals surface area contributed by atoms with E-state index in [2.05, 4.69) is 11.7 Å². The molecule has 1 rings (SSSR count). The van der Waals surface area contributed by atoms with Crippen LogP contribution < -0.4 is 0 Å². The molecule has 1 aromatic carbocycles. The summed E-state index contributed by atoms with van der Waals surface area (Å²) in [5.41, 5.74) is 2.04. The van der Waals surface area contributed by atoms with Gasteiger partial charge in [0, 0.05) is 6.42 Å². The third-order valence-electron chi connectivity index (χ3n) is 2.79. The number of methoxy groups -OCH3 is 1. The second-order valence-electron chi connectivity index (χ2n) is 4.14. The molecule has 0 fully saturated rings. The summed E-state index contributed by atoms with van der Waals surface area (Å²) >= 11 is 0. The standard InChI is InChI=1S/C14H20O3/c1-3-4-5-12-10-11(6-8-13(12)15)7-9-14(16)17-2/h6,8,10,15H,3-5,7,9H2,1-2H3. The number of benzene rings is 1. The molecule has 0 aliphatic carbocycles. The Bertz CT molecular complexity index is 372. The lowest BCUT2D eigenvalue weighted by molar-refractivity contribution is -0.140. The fraction of sp³-hybridized carbons (Fsp3) is 0.500. The van der Waals surface area contributed by atoms with Crippen molar-refractivity contribution in [3.63, 3.8) is 0 Å². The van der Waals surface area contributed by atoms with Crippen LogP contribution in [-0.2, 0) is 22.4 Å². The smallest absolute Gasteiger partial charge is 0.305 e. The zero-order valence-corrected chi connectivity index (χ0v) is 10.5. The van der Waals surface area contributed by atoms with E-state index >= 15 is 0 Å². The van der Waals surface area contributed by atoms with Crippen molar-refractivity contribution in [3.05, 3.63) is 29.3 Å². The zero-order valence-electron chi connectivity index (χ0n) is 10.5. The van der Waals surface area contributed by atoms with Crippen LogP contribution in [0.4, 0.5) is 0 Å². The molecule has 94 valence electrons. The van der Waals surface area contributed by atoms with Crippen LogP contribution in [-0.4, -0.2) is 18.2 Å². The number of esters is 1. The van der Waals surface area contributed by atoms with E-state index in [1.54, 1.807) is 6.07 Å². The summed E-state index contributed by atoms with van der Waals surface area (Å²) in [4.78, 5) is 11.0. The van der Waals surface area contributed by atoms with E-state index < -0.39 is 0 Å². The molecule has 1 aromatic rings. The number of aryl methyl sites for hydroxylation is 2. The first-order chi connectivity index (χ1) is 8.17. The van der Waals surface area contributed by atoms with Gasteiger partial charge >= 0.3 is 5.97 Å². The quantitative estimate of drug-likeness (QED) is 0.772. The second-order valence-corrected chi connectivity index (χ2v) is 4.14. The van der Waals surface area contributed by atoms with Gasteiger partial charge in [-0.2, -0.15) is 0 Å². The van der Waals surface area contributed by atoms with Gasteiger partial charge in [0.2, 0.25) is 0 Å². The molecule has 3 nitrogen and oxygen atoms in total. The Morgan fingerprint density at radius 3 is 2.76 bits per heavy atom. The Morgan fingerprint density at radius 2 is 2.12 bits per heavy atom. The van der Waals surface area contributed by atoms with Gasteiger partial charge in [-0.3, -0.25) is 4.79 Å². The first-order valence-electron chi connectivity index (χ1n) is 6.05. The highest BCUT2D eigenvalue weighted by molar-refractivity contribution is 5.69. The number of carbonyl (C=O) groups excluding carboxylic acids is 1. The molecule has 0 spiro atoms. The van der Waals surface area contributed by atoms with Gasteiger partial charge in [-0.15, -0.1) is 0 Å². The molecule has 0 aromatic heterocycles. The largest absolute Gasteiger partial charge is 0.508 e. The van der Waals surface area contributed by atoms with Crippen molar-refractivity contribution in [2.24, 2.45) is 0 Å². The Hall–Kier alpha value is -1.51. The van der Waals surface area contributed by atoms with Crippen LogP contribution in [0.25, 0.3) is 0 Å². The molecule has 0 unspecified atom stereocenters. The highest BCUT2D eigenvalue weighted by Crippen LogP contribution is 2.21. The van der Waals surface area contributed by atoms with Crippen LogP contribution in [0.2, 0.25) is 0 Å². The molecule has 0 heterocycles. The topological polar surface area (TPSA) is 46.5 Å². The average Bonchev–Trinajstić information content (AvgIpc) is 2.35. The summed E-state index contributed by atoms with van der Waals surface area (Å²) in [5, 5.41) is 9.69. The van der Waals surface area contributed by atoms with Crippen molar-refractivity contribution in [1.82, 2.24) is 0 Å². The number of hydrogen-bond acceptors (Lipinski definition) is 3. The van der Waals surface area contributed by atoms with Gasteiger partial charge in [-0.1, -0.05) is 25.5 Å². The Kier molecular flexibility index (Phi) is 5.53. The fourth-order valence-corrected chi connectivity index (χ4v) is 1.71. The van der Waals surface area contributed by atoms with Crippen molar-refractivity contribution in [3.8, 4) is 5.75 Å². The molecule has 0 aliphatic heterocycles. The highest BCUT2D eigenvalue weighted by Gasteiger charge is 2.05. The highest BCUT2D eigenvalue weighted by atomic mass is 16.5. The monoisotopic (exact) mass is 236 g/mol. The number of unbranched alkanes of at least 4 members (excludes halogenated alkanes) is 1. The van der Waals surface area contributed by atoms with E-state index in [0.717, 1.165) is 30.4 Å². The second kappa shape index (κ2) is 6.94. The van der Waals surface area contributed by atoms with Crippen LogP contribution in [0.3, 0.4) is 0 Å². The number of ether oxygens (including phenoxy) is 1. The predicted molar refractivity (Wildman–Crippen MR) is 67.1 cm³/mol. The SMILES string of the molecule is CCCCc1cc(CCC(=O)OC)ccc1O. The molecule has 0 radical (unpaired) electrons. The Labute approximate surface area is 102 Å². The molecule has 0 aliphatic rings. The molecular weight excluding hydrogens is 216 g/mol. The normalized spacial score (nSPS) is 10.2. The van der Waals surface area contributed by atoms with Crippen LogP contribution >= 0.6 is 0 Å². The van der Waals surface area contributed by atoms with Crippen molar-refractivity contribution in [2.75, 3.05) is 7.11 Å². The summed E-state index contributed by atoms with van der Waals surface area (Å²) in [6, 6.07) is 5.54. The Morgan fingerprint density at radius 1 is 1.35 bits per heavy atom. The molecule has 17 heavy (non-hydrogen) atoms. The third-order valence-corrected chi connectivity index (χ3v) is 2.79. The van der Waals surface area contributed by atoms with E-state index in [0.29, 0.717) is 18.6 Å². The number of phenols is 1. The summed E-state index contributed by atoms with van der Waals surface area (Å²) in [7, 11) is 1.39. The first-order valence-corrected chi connectivity index (χ1v) is 6.05. The molecule has 0 saturated carbocycles. The van der Waals surface area contributed by atoms with E-state index in [1.807, 2.05) is 12.1 Å². The van der Waals surface area contributed by atoms with Crippen LogP contribution in [0.15, 0.2) is 18.2 Å². The molecule has 3 heteroatoms. The van der Waals surface area contributed by atoms with E-state index in [1.165, 1.54) is 7.11 Å². The fourth-order valence-electron chi connectivity index (χ4n) is 1.71. The van der Waals surface area contributed by atoms with Gasteiger partial charge in [0.25, 0.3) is 0 Å². The van der Waals surface area contributed by atoms with E-state index in [-0.39, 0.29) is 5.97 Å². The summed E-state index contributed by atoms with van der Waals surface area (Å²) < 4.78 is 4.60. The number of rotatable bonds is 6. The van der Waals surface area contributed by atoms with Crippen molar-refractivity contribution in [1.29, 1.82) is 0 Å². The Balaban J connectivity index is 2.64. The zero-order chi connectivity index (χ0) is 12.7. The van der Waals surface area contributed by atoms with Crippen LogP contribution in [0, 0.1) is 0 Å². The predicted octanol–water partition coefficient (Wildman–Crippen LogP) is 2.84. The molecule has 0 saturated heterocycles. The summed E-state index contributed by atoms with van der Waals surface area (Å²) in [6.45, 7) is 2.12. The van der Waals surface area contributed by atoms with Crippen molar-refractivity contribution < 1.29 is 14.6 Å². The third kappa shape index (κ3) is 4.47. The lowest BCUT2D eigenvalue weighted by atomic mass is 10.0. The summed E-state index contributed by atoms with van der Waals surface area (Å²) in [6.07, 6.45) is 4.09. The maximum atomic E-state index is 11.0. The first kappa shape index (κ1) is 13.6.